The number of halogens is 1. The topological polar surface area (TPSA) is 73.7 Å². The van der Waals surface area contributed by atoms with Crippen LogP contribution in [0.3, 0.4) is 0 Å². The fraction of sp³-hybridized carbons (Fsp3) is 0.500. The molecule has 0 unspecified atom stereocenters. The average Bonchev–Trinajstić information content (AvgIpc) is 2.98. The first-order valence-electron chi connectivity index (χ1n) is 6.92. The number of aromatic nitrogens is 1. The van der Waals surface area contributed by atoms with Crippen LogP contribution in [0.25, 0.3) is 0 Å². The lowest BCUT2D eigenvalue weighted by atomic mass is 10.1. The largest absolute Gasteiger partial charge is 0.465 e. The molecular weight excluding hydrogens is 294 g/mol. The first kappa shape index (κ1) is 14.1. The van der Waals surface area contributed by atoms with Crippen molar-refractivity contribution in [3.63, 3.8) is 0 Å². The summed E-state index contributed by atoms with van der Waals surface area (Å²) in [6, 6.07) is 3.34. The summed E-state index contributed by atoms with van der Waals surface area (Å²) in [5, 5.41) is 9.56. The van der Waals surface area contributed by atoms with Gasteiger partial charge in [-0.25, -0.2) is 9.78 Å². The number of anilines is 1. The van der Waals surface area contributed by atoms with E-state index in [1.807, 2.05) is 4.90 Å². The monoisotopic (exact) mass is 309 g/mol. The number of amides is 1. The number of ketones is 1. The van der Waals surface area contributed by atoms with Crippen LogP contribution in [0.15, 0.2) is 12.1 Å². The third-order valence-corrected chi connectivity index (χ3v) is 4.53. The predicted octanol–water partition coefficient (Wildman–Crippen LogP) is 2.27. The van der Waals surface area contributed by atoms with E-state index in [0.29, 0.717) is 29.6 Å². The molecule has 0 aliphatic carbocycles. The lowest BCUT2D eigenvalue weighted by Gasteiger charge is -2.26. The Bertz CT molecular complexity index is 607. The summed E-state index contributed by atoms with van der Waals surface area (Å²) in [4.78, 5) is 30.9. The maximum atomic E-state index is 11.8. The Hall–Kier alpha value is -1.82. The van der Waals surface area contributed by atoms with Crippen molar-refractivity contribution in [2.75, 3.05) is 18.0 Å². The molecule has 2 saturated heterocycles. The summed E-state index contributed by atoms with van der Waals surface area (Å²) in [6.07, 6.45) is 0.626. The van der Waals surface area contributed by atoms with Gasteiger partial charge in [-0.05, 0) is 31.9 Å². The van der Waals surface area contributed by atoms with Crippen LogP contribution in [0.1, 0.15) is 30.1 Å². The highest BCUT2D eigenvalue weighted by Crippen LogP contribution is 2.36. The molecule has 3 heterocycles. The van der Waals surface area contributed by atoms with E-state index < -0.39 is 6.09 Å². The van der Waals surface area contributed by atoms with Crippen molar-refractivity contribution in [3.05, 3.63) is 22.8 Å². The third kappa shape index (κ3) is 2.33. The number of likely N-dealkylation sites (tertiary alicyclic amines) is 1. The molecule has 2 atom stereocenters. The van der Waals surface area contributed by atoms with Gasteiger partial charge in [-0.2, -0.15) is 0 Å². The number of hydrogen-bond donors (Lipinski definition) is 1. The van der Waals surface area contributed by atoms with Gasteiger partial charge in [0.15, 0.2) is 5.78 Å². The number of Topliss-reactive ketones (excluding diaryl/α,β-unsaturated/α-hetero) is 1. The molecule has 6 nitrogen and oxygen atoms in total. The highest BCUT2D eigenvalue weighted by molar-refractivity contribution is 6.29. The Morgan fingerprint density at radius 1 is 1.29 bits per heavy atom. The average molecular weight is 310 g/mol. The number of carbonyl (C=O) groups excluding carboxylic acids is 1. The molecule has 112 valence electrons. The quantitative estimate of drug-likeness (QED) is 0.670. The van der Waals surface area contributed by atoms with E-state index in [0.717, 1.165) is 12.8 Å². The Kier molecular flexibility index (Phi) is 3.49. The minimum absolute atomic E-state index is 0.0249. The zero-order valence-corrected chi connectivity index (χ0v) is 12.4. The number of fused-ring (bicyclic) bond motifs is 1. The van der Waals surface area contributed by atoms with Gasteiger partial charge >= 0.3 is 6.09 Å². The standard InChI is InChI=1S/C14H16ClN3O3/c1-8(19)9-2-3-12(15)16-13(9)17-6-4-11-10(17)5-7-18(11)14(20)21/h2-3,10-11H,4-7H2,1H3,(H,20,21)/t10-,11+/m1/s1. The maximum Gasteiger partial charge on any atom is 0.407 e. The lowest BCUT2D eigenvalue weighted by molar-refractivity contribution is 0.101. The molecule has 2 aliphatic heterocycles. The van der Waals surface area contributed by atoms with Gasteiger partial charge in [-0.15, -0.1) is 0 Å². The van der Waals surface area contributed by atoms with E-state index in [2.05, 4.69) is 4.98 Å². The zero-order valence-electron chi connectivity index (χ0n) is 11.6. The third-order valence-electron chi connectivity index (χ3n) is 4.31. The number of carbonyl (C=O) groups is 2. The molecule has 1 aromatic rings. The summed E-state index contributed by atoms with van der Waals surface area (Å²) in [7, 11) is 0. The lowest BCUT2D eigenvalue weighted by Crippen LogP contribution is -2.39. The number of carboxylic acid groups (broad SMARTS) is 1. The summed E-state index contributed by atoms with van der Waals surface area (Å²) in [6.45, 7) is 2.71. The SMILES string of the molecule is CC(=O)c1ccc(Cl)nc1N1CC[C@H]2[C@H]1CCN2C(=O)O. The second kappa shape index (κ2) is 5.18. The van der Waals surface area contributed by atoms with Gasteiger partial charge in [0.25, 0.3) is 0 Å². The van der Waals surface area contributed by atoms with Gasteiger partial charge < -0.3 is 14.9 Å². The van der Waals surface area contributed by atoms with Gasteiger partial charge in [0, 0.05) is 13.1 Å². The van der Waals surface area contributed by atoms with Crippen LogP contribution >= 0.6 is 11.6 Å². The highest BCUT2D eigenvalue weighted by Gasteiger charge is 2.45. The zero-order chi connectivity index (χ0) is 15.1. The van der Waals surface area contributed by atoms with Gasteiger partial charge in [0.1, 0.15) is 11.0 Å². The van der Waals surface area contributed by atoms with Crippen molar-refractivity contribution in [1.82, 2.24) is 9.88 Å². The van der Waals surface area contributed by atoms with E-state index in [4.69, 9.17) is 11.6 Å². The second-order valence-electron chi connectivity index (χ2n) is 5.44. The first-order chi connectivity index (χ1) is 9.99. The Morgan fingerprint density at radius 2 is 2.00 bits per heavy atom. The Balaban J connectivity index is 1.94. The van der Waals surface area contributed by atoms with E-state index in [1.165, 1.54) is 11.8 Å². The fourth-order valence-corrected chi connectivity index (χ4v) is 3.55. The smallest absolute Gasteiger partial charge is 0.407 e. The molecule has 1 N–H and O–H groups in total. The molecular formula is C14H16ClN3O3. The van der Waals surface area contributed by atoms with Gasteiger partial charge in [-0.1, -0.05) is 11.6 Å². The number of nitrogens with zero attached hydrogens (tertiary/aromatic N) is 3. The molecule has 1 aromatic heterocycles. The van der Waals surface area contributed by atoms with Gasteiger partial charge in [-0.3, -0.25) is 4.79 Å². The van der Waals surface area contributed by atoms with Crippen molar-refractivity contribution in [3.8, 4) is 0 Å². The van der Waals surface area contributed by atoms with E-state index in [9.17, 15) is 14.7 Å². The summed E-state index contributed by atoms with van der Waals surface area (Å²) in [5.74, 6) is 0.514. The summed E-state index contributed by atoms with van der Waals surface area (Å²) < 4.78 is 0. The minimum Gasteiger partial charge on any atom is -0.465 e. The van der Waals surface area contributed by atoms with E-state index in [1.54, 1.807) is 12.1 Å². The molecule has 3 rings (SSSR count). The first-order valence-corrected chi connectivity index (χ1v) is 7.30. The fourth-order valence-electron chi connectivity index (χ4n) is 3.41. The van der Waals surface area contributed by atoms with Crippen LogP contribution in [-0.2, 0) is 0 Å². The van der Waals surface area contributed by atoms with Gasteiger partial charge in [0.2, 0.25) is 0 Å². The molecule has 0 radical (unpaired) electrons. The van der Waals surface area contributed by atoms with Crippen molar-refractivity contribution in [2.45, 2.75) is 31.8 Å². The van der Waals surface area contributed by atoms with Crippen LogP contribution < -0.4 is 4.90 Å². The molecule has 2 aliphatic rings. The highest BCUT2D eigenvalue weighted by atomic mass is 35.5. The normalized spacial score (nSPS) is 24.3. The van der Waals surface area contributed by atoms with Crippen LogP contribution in [0.4, 0.5) is 10.6 Å². The van der Waals surface area contributed by atoms with Crippen LogP contribution in [0, 0.1) is 0 Å². The van der Waals surface area contributed by atoms with Crippen LogP contribution in [-0.4, -0.2) is 52.0 Å². The molecule has 0 bridgehead atoms. The molecule has 0 aromatic carbocycles. The molecule has 1 amide bonds. The number of rotatable bonds is 2. The molecule has 2 fully saturated rings. The number of hydrogen-bond acceptors (Lipinski definition) is 4. The van der Waals surface area contributed by atoms with Crippen molar-refractivity contribution < 1.29 is 14.7 Å². The van der Waals surface area contributed by atoms with Crippen molar-refractivity contribution >= 4 is 29.3 Å². The summed E-state index contributed by atoms with van der Waals surface area (Å²) >= 11 is 5.97. The molecule has 7 heteroatoms. The minimum atomic E-state index is -0.879. The molecule has 0 saturated carbocycles. The Labute approximate surface area is 127 Å². The van der Waals surface area contributed by atoms with Crippen LogP contribution in [0.2, 0.25) is 5.15 Å². The predicted molar refractivity (Wildman–Crippen MR) is 78.1 cm³/mol. The second-order valence-corrected chi connectivity index (χ2v) is 5.83. The maximum absolute atomic E-state index is 11.8. The van der Waals surface area contributed by atoms with Gasteiger partial charge in [0.05, 0.1) is 17.6 Å². The number of pyridine rings is 1. The van der Waals surface area contributed by atoms with Crippen molar-refractivity contribution in [1.29, 1.82) is 0 Å². The Morgan fingerprint density at radius 3 is 2.67 bits per heavy atom. The van der Waals surface area contributed by atoms with E-state index in [-0.39, 0.29) is 17.9 Å². The van der Waals surface area contributed by atoms with Crippen LogP contribution in [0.5, 0.6) is 0 Å². The van der Waals surface area contributed by atoms with E-state index >= 15 is 0 Å². The summed E-state index contributed by atoms with van der Waals surface area (Å²) in [5.41, 5.74) is 0.536. The molecule has 21 heavy (non-hydrogen) atoms. The van der Waals surface area contributed by atoms with Crippen molar-refractivity contribution in [2.24, 2.45) is 0 Å². The molecule has 0 spiro atoms.